The molecule has 0 spiro atoms. The summed E-state index contributed by atoms with van der Waals surface area (Å²) in [5, 5.41) is 11.7. The highest BCUT2D eigenvalue weighted by Crippen LogP contribution is 2.66. The molecule has 4 nitrogen and oxygen atoms in total. The monoisotopic (exact) mass is 385 g/mol. The molecule has 3 N–H and O–H groups in total. The summed E-state index contributed by atoms with van der Waals surface area (Å²) >= 11 is 0. The molecule has 0 aliphatic heterocycles. The Balaban J connectivity index is 1.39. The summed E-state index contributed by atoms with van der Waals surface area (Å²) in [5.74, 6) is 3.71. The van der Waals surface area contributed by atoms with E-state index in [1.165, 1.54) is 50.7 Å². The van der Waals surface area contributed by atoms with Crippen LogP contribution in [0.2, 0.25) is 0 Å². The van der Waals surface area contributed by atoms with Gasteiger partial charge in [0.25, 0.3) is 0 Å². The van der Waals surface area contributed by atoms with Gasteiger partial charge in [-0.2, -0.15) is 0 Å². The molecule has 6 atom stereocenters. The highest BCUT2D eigenvalue weighted by Gasteiger charge is 2.58. The fourth-order valence-electron chi connectivity index (χ4n) is 7.51. The van der Waals surface area contributed by atoms with Gasteiger partial charge in [-0.15, -0.1) is 0 Å². The number of nitrogens with two attached hydrogens (primary N) is 1. The van der Waals surface area contributed by atoms with E-state index >= 15 is 0 Å². The number of hydrogen-bond donors (Lipinski definition) is 2. The molecule has 4 fully saturated rings. The molecule has 0 amide bonds. The van der Waals surface area contributed by atoms with Gasteiger partial charge in [-0.05, 0) is 98.7 Å². The highest BCUT2D eigenvalue weighted by molar-refractivity contribution is 5.85. The van der Waals surface area contributed by atoms with Crippen LogP contribution in [0.15, 0.2) is 17.3 Å². The van der Waals surface area contributed by atoms with Crippen molar-refractivity contribution >= 4 is 11.5 Å². The molecular formula is C24H39N3O. The molecule has 4 aliphatic carbocycles. The number of oxime groups is 1. The van der Waals surface area contributed by atoms with Crippen LogP contribution in [-0.2, 0) is 4.84 Å². The number of fused-ring (bicyclic) bond motifs is 5. The standard InChI is InChI=1S/C24H39N3O/c1-16-6-9-20-19-8-7-17-15-18(27-28-14-4-5-22(25)26)10-12-24(17,3)21(19)11-13-23(16,20)2/h17,19-21H,1,4-15H2,2-3H3,(H3,25,26)/t17?,19?,20?,21?,23-,24+/m1/s1. The number of nitrogens with one attached hydrogen (secondary N) is 1. The third-order valence-corrected chi connectivity index (χ3v) is 9.33. The first-order valence-electron chi connectivity index (χ1n) is 11.5. The van der Waals surface area contributed by atoms with Crippen LogP contribution in [0, 0.1) is 39.9 Å². The van der Waals surface area contributed by atoms with Crippen LogP contribution < -0.4 is 5.73 Å². The second-order valence-electron chi connectivity index (χ2n) is 10.6. The van der Waals surface area contributed by atoms with Crippen LogP contribution in [-0.4, -0.2) is 18.2 Å². The van der Waals surface area contributed by atoms with E-state index in [2.05, 4.69) is 25.6 Å². The topological polar surface area (TPSA) is 71.5 Å². The average Bonchev–Trinajstić information content (AvgIpc) is 2.96. The predicted octanol–water partition coefficient (Wildman–Crippen LogP) is 5.67. The molecule has 0 aromatic heterocycles. The molecule has 4 unspecified atom stereocenters. The zero-order valence-electron chi connectivity index (χ0n) is 17.9. The lowest BCUT2D eigenvalue weighted by Gasteiger charge is -2.60. The van der Waals surface area contributed by atoms with Gasteiger partial charge in [0, 0.05) is 6.42 Å². The molecule has 4 saturated carbocycles. The molecule has 156 valence electrons. The van der Waals surface area contributed by atoms with E-state index in [9.17, 15) is 0 Å². The van der Waals surface area contributed by atoms with Crippen molar-refractivity contribution in [1.82, 2.24) is 0 Å². The summed E-state index contributed by atoms with van der Waals surface area (Å²) in [5.41, 5.74) is 9.12. The van der Waals surface area contributed by atoms with Gasteiger partial charge in [0.05, 0.1) is 11.5 Å². The van der Waals surface area contributed by atoms with Crippen LogP contribution in [0.25, 0.3) is 0 Å². The first-order valence-corrected chi connectivity index (χ1v) is 11.5. The van der Waals surface area contributed by atoms with Crippen molar-refractivity contribution in [3.63, 3.8) is 0 Å². The molecule has 28 heavy (non-hydrogen) atoms. The minimum atomic E-state index is 0.232. The fourth-order valence-corrected chi connectivity index (χ4v) is 7.51. The van der Waals surface area contributed by atoms with Crippen molar-refractivity contribution in [2.45, 2.75) is 84.5 Å². The molecule has 0 radical (unpaired) electrons. The fraction of sp³-hybridized carbons (Fsp3) is 0.833. The van der Waals surface area contributed by atoms with E-state index in [0.717, 1.165) is 42.9 Å². The molecular weight excluding hydrogens is 346 g/mol. The van der Waals surface area contributed by atoms with E-state index < -0.39 is 0 Å². The Kier molecular flexibility index (Phi) is 5.35. The quantitative estimate of drug-likeness (QED) is 0.210. The molecule has 0 aromatic rings. The maximum absolute atomic E-state index is 7.27. The Morgan fingerprint density at radius 3 is 2.79 bits per heavy atom. The Hall–Kier alpha value is -1.32. The zero-order chi connectivity index (χ0) is 19.9. The summed E-state index contributed by atoms with van der Waals surface area (Å²) in [6.45, 7) is 10.2. The number of hydrogen-bond acceptors (Lipinski definition) is 3. The lowest BCUT2D eigenvalue weighted by Crippen LogP contribution is -2.52. The van der Waals surface area contributed by atoms with Gasteiger partial charge in [-0.3, -0.25) is 5.41 Å². The number of rotatable bonds is 5. The first kappa shape index (κ1) is 20.0. The second kappa shape index (κ2) is 7.50. The van der Waals surface area contributed by atoms with E-state index in [4.69, 9.17) is 16.0 Å². The van der Waals surface area contributed by atoms with Gasteiger partial charge >= 0.3 is 0 Å². The summed E-state index contributed by atoms with van der Waals surface area (Å²) in [6, 6.07) is 0. The molecule has 4 aliphatic rings. The number of amidine groups is 1. The molecule has 4 rings (SSSR count). The highest BCUT2D eigenvalue weighted by atomic mass is 16.6. The molecule has 0 saturated heterocycles. The third kappa shape index (κ3) is 3.31. The normalized spacial score (nSPS) is 43.9. The Labute approximate surface area is 170 Å². The van der Waals surface area contributed by atoms with Crippen molar-refractivity contribution < 1.29 is 4.84 Å². The second-order valence-corrected chi connectivity index (χ2v) is 10.6. The lowest BCUT2D eigenvalue weighted by atomic mass is 9.45. The smallest absolute Gasteiger partial charge is 0.117 e. The zero-order valence-corrected chi connectivity index (χ0v) is 17.9. The summed E-state index contributed by atoms with van der Waals surface area (Å²) in [4.78, 5) is 5.55. The van der Waals surface area contributed by atoms with Gasteiger partial charge < -0.3 is 10.6 Å². The van der Waals surface area contributed by atoms with Gasteiger partial charge in [0.15, 0.2) is 0 Å². The van der Waals surface area contributed by atoms with E-state index in [1.54, 1.807) is 5.57 Å². The van der Waals surface area contributed by atoms with Crippen molar-refractivity contribution in [3.8, 4) is 0 Å². The summed E-state index contributed by atoms with van der Waals surface area (Å²) in [6.07, 6.45) is 13.1. The van der Waals surface area contributed by atoms with Crippen LogP contribution in [0.5, 0.6) is 0 Å². The minimum absolute atomic E-state index is 0.232. The lowest BCUT2D eigenvalue weighted by molar-refractivity contribution is -0.0859. The SMILES string of the molecule is C=C1CCC2C3CCC4CC(=NOCCCC(=N)N)CC[C@]4(C)C3CC[C@]12C. The molecule has 0 bridgehead atoms. The van der Waals surface area contributed by atoms with Crippen LogP contribution in [0.4, 0.5) is 0 Å². The molecule has 0 heterocycles. The number of allylic oxidation sites excluding steroid dienone is 1. The van der Waals surface area contributed by atoms with Crippen molar-refractivity contribution in [1.29, 1.82) is 5.41 Å². The maximum atomic E-state index is 7.27. The predicted molar refractivity (Wildman–Crippen MR) is 115 cm³/mol. The van der Waals surface area contributed by atoms with Crippen molar-refractivity contribution in [2.75, 3.05) is 6.61 Å². The van der Waals surface area contributed by atoms with Gasteiger partial charge in [-0.1, -0.05) is 31.2 Å². The summed E-state index contributed by atoms with van der Waals surface area (Å²) < 4.78 is 0. The Morgan fingerprint density at radius 1 is 1.18 bits per heavy atom. The third-order valence-electron chi connectivity index (χ3n) is 9.33. The van der Waals surface area contributed by atoms with Crippen LogP contribution >= 0.6 is 0 Å². The molecule has 4 heteroatoms. The average molecular weight is 386 g/mol. The molecule has 0 aromatic carbocycles. The number of nitrogens with zero attached hydrogens (tertiary/aromatic N) is 1. The van der Waals surface area contributed by atoms with Crippen molar-refractivity contribution in [2.24, 2.45) is 45.4 Å². The van der Waals surface area contributed by atoms with Crippen LogP contribution in [0.3, 0.4) is 0 Å². The van der Waals surface area contributed by atoms with Gasteiger partial charge in [-0.25, -0.2) is 0 Å². The van der Waals surface area contributed by atoms with E-state index in [1.807, 2.05) is 0 Å². The van der Waals surface area contributed by atoms with E-state index in [-0.39, 0.29) is 5.84 Å². The Bertz CT molecular complexity index is 671. The van der Waals surface area contributed by atoms with Crippen molar-refractivity contribution in [3.05, 3.63) is 12.2 Å². The van der Waals surface area contributed by atoms with E-state index in [0.29, 0.717) is 23.9 Å². The van der Waals surface area contributed by atoms with Crippen LogP contribution in [0.1, 0.15) is 84.5 Å². The Morgan fingerprint density at radius 2 is 2.00 bits per heavy atom. The first-order chi connectivity index (χ1) is 13.3. The summed E-state index contributed by atoms with van der Waals surface area (Å²) in [7, 11) is 0. The minimum Gasteiger partial charge on any atom is -0.396 e. The van der Waals surface area contributed by atoms with Gasteiger partial charge in [0.1, 0.15) is 6.61 Å². The maximum Gasteiger partial charge on any atom is 0.117 e. The van der Waals surface area contributed by atoms with Gasteiger partial charge in [0.2, 0.25) is 0 Å². The largest absolute Gasteiger partial charge is 0.396 e.